The molecule has 0 unspecified atom stereocenters. The quantitative estimate of drug-likeness (QED) is 0.474. The maximum atomic E-state index is 12.6. The summed E-state index contributed by atoms with van der Waals surface area (Å²) in [4.78, 5) is 35.8. The summed E-state index contributed by atoms with van der Waals surface area (Å²) in [6.07, 6.45) is 1.70. The van der Waals surface area contributed by atoms with Gasteiger partial charge in [0, 0.05) is 6.20 Å². The number of halogens is 2. The molecule has 8 heteroatoms. The second-order valence-corrected chi connectivity index (χ2v) is 7.26. The smallest absolute Gasteiger partial charge is 0.273 e. The SMILES string of the molecule is Cc1ccnc(C(C)C)c1-n1c(=O)[nH]c(=O)c2cc(I)c(Cl)nc21. The Morgan fingerprint density at radius 1 is 1.33 bits per heavy atom. The van der Waals surface area contributed by atoms with Crippen molar-refractivity contribution in [2.45, 2.75) is 26.7 Å². The summed E-state index contributed by atoms with van der Waals surface area (Å²) >= 11 is 8.13. The first-order valence-corrected chi connectivity index (χ1v) is 8.74. The van der Waals surface area contributed by atoms with E-state index in [1.54, 1.807) is 12.3 Å². The van der Waals surface area contributed by atoms with Crippen LogP contribution in [0.3, 0.4) is 0 Å². The van der Waals surface area contributed by atoms with Crippen molar-refractivity contribution in [2.24, 2.45) is 0 Å². The zero-order chi connectivity index (χ0) is 17.6. The molecule has 124 valence electrons. The average molecular weight is 457 g/mol. The van der Waals surface area contributed by atoms with Gasteiger partial charge < -0.3 is 0 Å². The van der Waals surface area contributed by atoms with Gasteiger partial charge in [-0.15, -0.1) is 0 Å². The van der Waals surface area contributed by atoms with Crippen LogP contribution in [0.25, 0.3) is 16.7 Å². The van der Waals surface area contributed by atoms with E-state index in [2.05, 4.69) is 15.0 Å². The van der Waals surface area contributed by atoms with Gasteiger partial charge in [-0.2, -0.15) is 0 Å². The summed E-state index contributed by atoms with van der Waals surface area (Å²) in [6.45, 7) is 5.88. The van der Waals surface area contributed by atoms with Gasteiger partial charge in [0.05, 0.1) is 20.3 Å². The van der Waals surface area contributed by atoms with E-state index in [0.29, 0.717) is 14.6 Å². The molecular weight excluding hydrogens is 443 g/mol. The van der Waals surface area contributed by atoms with Crippen LogP contribution in [0.2, 0.25) is 5.15 Å². The van der Waals surface area contributed by atoms with Crippen LogP contribution in [0.15, 0.2) is 27.9 Å². The highest BCUT2D eigenvalue weighted by Gasteiger charge is 2.19. The minimum Gasteiger partial charge on any atom is -0.273 e. The number of aryl methyl sites for hydroxylation is 1. The molecule has 3 aromatic rings. The van der Waals surface area contributed by atoms with E-state index in [0.717, 1.165) is 11.3 Å². The molecule has 1 N–H and O–H groups in total. The van der Waals surface area contributed by atoms with Crippen LogP contribution in [-0.4, -0.2) is 19.5 Å². The molecule has 0 fully saturated rings. The summed E-state index contributed by atoms with van der Waals surface area (Å²) < 4.78 is 2.03. The molecule has 0 spiro atoms. The molecule has 0 aliphatic rings. The molecule has 0 aliphatic carbocycles. The van der Waals surface area contributed by atoms with Crippen molar-refractivity contribution in [2.75, 3.05) is 0 Å². The van der Waals surface area contributed by atoms with Gasteiger partial charge in [0.1, 0.15) is 5.15 Å². The predicted molar refractivity (Wildman–Crippen MR) is 102 cm³/mol. The molecule has 6 nitrogen and oxygen atoms in total. The number of nitrogens with zero attached hydrogens (tertiary/aromatic N) is 3. The van der Waals surface area contributed by atoms with E-state index in [9.17, 15) is 9.59 Å². The minimum absolute atomic E-state index is 0.0908. The first kappa shape index (κ1) is 17.1. The first-order valence-electron chi connectivity index (χ1n) is 7.28. The van der Waals surface area contributed by atoms with Crippen molar-refractivity contribution < 1.29 is 0 Å². The first-order chi connectivity index (χ1) is 11.3. The lowest BCUT2D eigenvalue weighted by Crippen LogP contribution is -2.31. The summed E-state index contributed by atoms with van der Waals surface area (Å²) in [7, 11) is 0. The van der Waals surface area contributed by atoms with Crippen LogP contribution >= 0.6 is 34.2 Å². The molecule has 0 amide bonds. The lowest BCUT2D eigenvalue weighted by molar-refractivity contribution is 0.788. The van der Waals surface area contributed by atoms with Crippen LogP contribution < -0.4 is 11.2 Å². The van der Waals surface area contributed by atoms with Gasteiger partial charge in [-0.1, -0.05) is 25.4 Å². The molecule has 0 aliphatic heterocycles. The summed E-state index contributed by atoms with van der Waals surface area (Å²) in [5.41, 5.74) is 1.43. The summed E-state index contributed by atoms with van der Waals surface area (Å²) in [5, 5.41) is 0.552. The van der Waals surface area contributed by atoms with E-state index in [-0.39, 0.29) is 16.7 Å². The van der Waals surface area contributed by atoms with Crippen LogP contribution in [0.4, 0.5) is 0 Å². The molecule has 0 saturated heterocycles. The Morgan fingerprint density at radius 2 is 2.04 bits per heavy atom. The number of nitrogens with one attached hydrogen (secondary N) is 1. The van der Waals surface area contributed by atoms with E-state index in [1.807, 2.05) is 49.4 Å². The standard InChI is InChI=1S/C16H14ClIN4O2/c1-7(2)11-12(8(3)4-5-19-11)22-14-9(15(23)21-16(22)24)6-10(18)13(17)20-14/h4-7H,1-3H3,(H,21,23,24). The average Bonchev–Trinajstić information content (AvgIpc) is 2.50. The second-order valence-electron chi connectivity index (χ2n) is 5.74. The molecule has 0 aromatic carbocycles. The largest absolute Gasteiger partial charge is 0.334 e. The highest BCUT2D eigenvalue weighted by molar-refractivity contribution is 14.1. The fourth-order valence-electron chi connectivity index (χ4n) is 2.60. The van der Waals surface area contributed by atoms with Crippen LogP contribution in [0.5, 0.6) is 0 Å². The molecule has 0 bridgehead atoms. The zero-order valence-corrected chi connectivity index (χ0v) is 16.1. The topological polar surface area (TPSA) is 80.6 Å². The third kappa shape index (κ3) is 2.75. The van der Waals surface area contributed by atoms with Gasteiger partial charge in [0.15, 0.2) is 5.65 Å². The zero-order valence-electron chi connectivity index (χ0n) is 13.2. The van der Waals surface area contributed by atoms with Gasteiger partial charge in [-0.3, -0.25) is 14.8 Å². The number of fused-ring (bicyclic) bond motifs is 1. The van der Waals surface area contributed by atoms with E-state index >= 15 is 0 Å². The summed E-state index contributed by atoms with van der Waals surface area (Å²) in [5.74, 6) is 0.0908. The molecular formula is C16H14ClIN4O2. The third-order valence-electron chi connectivity index (χ3n) is 3.72. The number of hydrogen-bond acceptors (Lipinski definition) is 4. The van der Waals surface area contributed by atoms with Crippen LogP contribution in [0, 0.1) is 10.5 Å². The van der Waals surface area contributed by atoms with Crippen molar-refractivity contribution in [3.8, 4) is 5.69 Å². The Morgan fingerprint density at radius 3 is 2.71 bits per heavy atom. The van der Waals surface area contributed by atoms with Crippen molar-refractivity contribution >= 4 is 45.2 Å². The molecule has 3 heterocycles. The number of rotatable bonds is 2. The Kier molecular flexibility index (Phi) is 4.48. The van der Waals surface area contributed by atoms with Gasteiger partial charge >= 0.3 is 5.69 Å². The number of aromatic amines is 1. The maximum absolute atomic E-state index is 12.6. The van der Waals surface area contributed by atoms with Crippen molar-refractivity contribution in [3.05, 3.63) is 59.1 Å². The Hall–Kier alpha value is -1.74. The van der Waals surface area contributed by atoms with Gasteiger partial charge in [-0.05, 0) is 53.1 Å². The molecule has 0 saturated carbocycles. The van der Waals surface area contributed by atoms with E-state index in [4.69, 9.17) is 11.6 Å². The Labute approximate surface area is 156 Å². The molecule has 3 rings (SSSR count). The van der Waals surface area contributed by atoms with Crippen molar-refractivity contribution in [1.82, 2.24) is 19.5 Å². The fraction of sp³-hybridized carbons (Fsp3) is 0.250. The minimum atomic E-state index is -0.560. The Balaban J connectivity index is 2.56. The van der Waals surface area contributed by atoms with Gasteiger partial charge in [0.2, 0.25) is 0 Å². The molecule has 0 atom stereocenters. The van der Waals surface area contributed by atoms with Crippen molar-refractivity contribution in [3.63, 3.8) is 0 Å². The molecule has 3 aromatic heterocycles. The Bertz CT molecular complexity index is 1070. The third-order valence-corrected chi connectivity index (χ3v) is 5.15. The predicted octanol–water partition coefficient (Wildman–Crippen LogP) is 3.16. The monoisotopic (exact) mass is 456 g/mol. The fourth-order valence-corrected chi connectivity index (χ4v) is 3.17. The number of pyridine rings is 2. The lowest BCUT2D eigenvalue weighted by Gasteiger charge is -2.17. The number of hydrogen-bond donors (Lipinski definition) is 1. The van der Waals surface area contributed by atoms with Gasteiger partial charge in [-0.25, -0.2) is 14.3 Å². The van der Waals surface area contributed by atoms with Crippen LogP contribution in [0.1, 0.15) is 31.0 Å². The van der Waals surface area contributed by atoms with E-state index in [1.165, 1.54) is 4.57 Å². The highest BCUT2D eigenvalue weighted by Crippen LogP contribution is 2.26. The summed E-state index contributed by atoms with van der Waals surface area (Å²) in [6, 6.07) is 3.44. The maximum Gasteiger partial charge on any atom is 0.334 e. The number of H-pyrrole nitrogens is 1. The van der Waals surface area contributed by atoms with Gasteiger partial charge in [0.25, 0.3) is 5.56 Å². The lowest BCUT2D eigenvalue weighted by atomic mass is 10.0. The molecule has 24 heavy (non-hydrogen) atoms. The number of aromatic nitrogens is 4. The second kappa shape index (κ2) is 6.29. The highest BCUT2D eigenvalue weighted by atomic mass is 127. The molecule has 0 radical (unpaired) electrons. The van der Waals surface area contributed by atoms with E-state index < -0.39 is 11.2 Å². The van der Waals surface area contributed by atoms with Crippen LogP contribution in [-0.2, 0) is 0 Å². The van der Waals surface area contributed by atoms with Crippen molar-refractivity contribution in [1.29, 1.82) is 0 Å². The normalized spacial score (nSPS) is 11.4.